The molecule has 0 aromatic heterocycles. The first-order valence-electron chi connectivity index (χ1n) is 5.22. The van der Waals surface area contributed by atoms with Crippen LogP contribution in [0.3, 0.4) is 0 Å². The first kappa shape index (κ1) is 9.09. The molecule has 3 heteroatoms. The van der Waals surface area contributed by atoms with Gasteiger partial charge in [-0.05, 0) is 52.9 Å². The Bertz CT molecular complexity index is 588. The number of nitrogens with two attached hydrogens (primary N) is 3. The van der Waals surface area contributed by atoms with Gasteiger partial charge in [0.25, 0.3) is 0 Å². The molecule has 2 aromatic carbocycles. The number of hydrogen-bond acceptors (Lipinski definition) is 3. The highest BCUT2D eigenvalue weighted by Gasteiger charge is 2.19. The van der Waals surface area contributed by atoms with Crippen LogP contribution in [0, 0.1) is 0 Å². The molecule has 0 fully saturated rings. The molecule has 0 bridgehead atoms. The second-order valence-corrected chi connectivity index (χ2v) is 4.23. The third-order valence-electron chi connectivity index (χ3n) is 3.11. The minimum Gasteiger partial charge on any atom is -0.399 e. The van der Waals surface area contributed by atoms with Crippen molar-refractivity contribution in [2.45, 2.75) is 6.42 Å². The lowest BCUT2D eigenvalue weighted by atomic mass is 10.0. The Labute approximate surface area is 93.9 Å². The van der Waals surface area contributed by atoms with Crippen molar-refractivity contribution in [3.63, 3.8) is 0 Å². The SMILES string of the molecule is Nc1ccc2c(c1)Cc1cc(N)c(N)cc1-2. The molecule has 80 valence electrons. The van der Waals surface area contributed by atoms with Crippen molar-refractivity contribution in [3.8, 4) is 11.1 Å². The van der Waals surface area contributed by atoms with Crippen molar-refractivity contribution >= 4 is 17.1 Å². The van der Waals surface area contributed by atoms with Crippen LogP contribution in [0.25, 0.3) is 11.1 Å². The summed E-state index contributed by atoms with van der Waals surface area (Å²) in [7, 11) is 0. The third-order valence-corrected chi connectivity index (χ3v) is 3.11. The highest BCUT2D eigenvalue weighted by Crippen LogP contribution is 2.40. The Balaban J connectivity index is 2.25. The lowest BCUT2D eigenvalue weighted by Gasteiger charge is -2.05. The van der Waals surface area contributed by atoms with E-state index in [9.17, 15) is 0 Å². The largest absolute Gasteiger partial charge is 0.399 e. The van der Waals surface area contributed by atoms with Gasteiger partial charge >= 0.3 is 0 Å². The van der Waals surface area contributed by atoms with E-state index in [0.29, 0.717) is 11.4 Å². The van der Waals surface area contributed by atoms with Crippen molar-refractivity contribution in [2.75, 3.05) is 17.2 Å². The molecule has 0 radical (unpaired) electrons. The Morgan fingerprint density at radius 3 is 2.25 bits per heavy atom. The summed E-state index contributed by atoms with van der Waals surface area (Å²) < 4.78 is 0. The maximum Gasteiger partial charge on any atom is 0.0554 e. The van der Waals surface area contributed by atoms with Crippen LogP contribution in [-0.4, -0.2) is 0 Å². The highest BCUT2D eigenvalue weighted by atomic mass is 14.7. The Morgan fingerprint density at radius 2 is 1.44 bits per heavy atom. The molecule has 6 N–H and O–H groups in total. The van der Waals surface area contributed by atoms with Crippen molar-refractivity contribution in [1.29, 1.82) is 0 Å². The molecule has 0 heterocycles. The number of hydrogen-bond donors (Lipinski definition) is 3. The average Bonchev–Trinajstić information content (AvgIpc) is 2.55. The molecular formula is C13H13N3. The molecule has 0 atom stereocenters. The van der Waals surface area contributed by atoms with Gasteiger partial charge in [0.2, 0.25) is 0 Å². The second-order valence-electron chi connectivity index (χ2n) is 4.23. The predicted molar refractivity (Wildman–Crippen MR) is 67.9 cm³/mol. The maximum atomic E-state index is 5.83. The van der Waals surface area contributed by atoms with Crippen LogP contribution in [0.15, 0.2) is 30.3 Å². The fraction of sp³-hybridized carbons (Fsp3) is 0.0769. The lowest BCUT2D eigenvalue weighted by molar-refractivity contribution is 1.27. The van der Waals surface area contributed by atoms with Gasteiger partial charge in [0, 0.05) is 5.69 Å². The molecule has 2 aromatic rings. The standard InChI is InChI=1S/C13H13N3/c14-9-1-2-10-7(4-9)3-8-5-12(15)13(16)6-11(8)10/h1-2,4-6H,3,14-16H2. The van der Waals surface area contributed by atoms with Crippen LogP contribution in [0.1, 0.15) is 11.1 Å². The highest BCUT2D eigenvalue weighted by molar-refractivity contribution is 5.84. The van der Waals surface area contributed by atoms with E-state index in [4.69, 9.17) is 17.2 Å². The van der Waals surface area contributed by atoms with Crippen LogP contribution in [-0.2, 0) is 6.42 Å². The number of nitrogen functional groups attached to an aromatic ring is 3. The van der Waals surface area contributed by atoms with Crippen molar-refractivity contribution in [2.24, 2.45) is 0 Å². The topological polar surface area (TPSA) is 78.1 Å². The van der Waals surface area contributed by atoms with Crippen molar-refractivity contribution < 1.29 is 0 Å². The summed E-state index contributed by atoms with van der Waals surface area (Å²) in [6, 6.07) is 9.89. The normalized spacial score (nSPS) is 12.2. The van der Waals surface area contributed by atoms with E-state index in [1.807, 2.05) is 30.3 Å². The summed E-state index contributed by atoms with van der Waals surface area (Å²) in [4.78, 5) is 0. The molecule has 0 spiro atoms. The summed E-state index contributed by atoms with van der Waals surface area (Å²) in [6.07, 6.45) is 0.889. The zero-order valence-electron chi connectivity index (χ0n) is 8.83. The van der Waals surface area contributed by atoms with Gasteiger partial charge in [0.1, 0.15) is 0 Å². The first-order chi connectivity index (χ1) is 7.65. The van der Waals surface area contributed by atoms with Crippen LogP contribution in [0.2, 0.25) is 0 Å². The molecule has 1 aliphatic rings. The molecule has 0 saturated carbocycles. The lowest BCUT2D eigenvalue weighted by Crippen LogP contribution is -1.95. The van der Waals surface area contributed by atoms with Gasteiger partial charge in [-0.25, -0.2) is 0 Å². The molecule has 3 rings (SSSR count). The summed E-state index contributed by atoms with van der Waals surface area (Å²) in [5.41, 5.74) is 24.4. The van der Waals surface area contributed by atoms with E-state index >= 15 is 0 Å². The van der Waals surface area contributed by atoms with Crippen LogP contribution < -0.4 is 17.2 Å². The summed E-state index contributed by atoms with van der Waals surface area (Å²) in [6.45, 7) is 0. The van der Waals surface area contributed by atoms with Gasteiger partial charge in [-0.3, -0.25) is 0 Å². The number of anilines is 3. The number of fused-ring (bicyclic) bond motifs is 3. The van der Waals surface area contributed by atoms with Gasteiger partial charge in [-0.2, -0.15) is 0 Å². The molecule has 1 aliphatic carbocycles. The van der Waals surface area contributed by atoms with Gasteiger partial charge in [-0.1, -0.05) is 6.07 Å². The second kappa shape index (κ2) is 2.92. The minimum absolute atomic E-state index is 0.642. The van der Waals surface area contributed by atoms with Crippen LogP contribution in [0.4, 0.5) is 17.1 Å². The maximum absolute atomic E-state index is 5.83. The van der Waals surface area contributed by atoms with E-state index in [1.165, 1.54) is 22.3 Å². The fourth-order valence-corrected chi connectivity index (χ4v) is 2.31. The Hall–Kier alpha value is -2.16. The molecule has 3 nitrogen and oxygen atoms in total. The van der Waals surface area contributed by atoms with Crippen LogP contribution >= 0.6 is 0 Å². The van der Waals surface area contributed by atoms with Gasteiger partial charge < -0.3 is 17.2 Å². The van der Waals surface area contributed by atoms with E-state index in [-0.39, 0.29) is 0 Å². The Morgan fingerprint density at radius 1 is 0.750 bits per heavy atom. The van der Waals surface area contributed by atoms with Crippen LogP contribution in [0.5, 0.6) is 0 Å². The number of rotatable bonds is 0. The predicted octanol–water partition coefficient (Wildman–Crippen LogP) is 2.00. The zero-order chi connectivity index (χ0) is 11.3. The first-order valence-corrected chi connectivity index (χ1v) is 5.22. The summed E-state index contributed by atoms with van der Waals surface area (Å²) in [5.74, 6) is 0. The molecule has 0 aliphatic heterocycles. The smallest absolute Gasteiger partial charge is 0.0554 e. The Kier molecular flexibility index (Phi) is 1.66. The van der Waals surface area contributed by atoms with E-state index < -0.39 is 0 Å². The third kappa shape index (κ3) is 1.15. The van der Waals surface area contributed by atoms with Gasteiger partial charge in [0.05, 0.1) is 11.4 Å². The zero-order valence-corrected chi connectivity index (χ0v) is 8.83. The molecule has 16 heavy (non-hydrogen) atoms. The number of benzene rings is 2. The minimum atomic E-state index is 0.642. The van der Waals surface area contributed by atoms with Gasteiger partial charge in [-0.15, -0.1) is 0 Å². The molecule has 0 saturated heterocycles. The fourth-order valence-electron chi connectivity index (χ4n) is 2.31. The molecule has 0 amide bonds. The summed E-state index contributed by atoms with van der Waals surface area (Å²) in [5, 5.41) is 0. The van der Waals surface area contributed by atoms with Crippen molar-refractivity contribution in [3.05, 3.63) is 41.5 Å². The van der Waals surface area contributed by atoms with Gasteiger partial charge in [0.15, 0.2) is 0 Å². The monoisotopic (exact) mass is 211 g/mol. The van der Waals surface area contributed by atoms with E-state index in [0.717, 1.165) is 12.1 Å². The van der Waals surface area contributed by atoms with E-state index in [1.54, 1.807) is 0 Å². The van der Waals surface area contributed by atoms with E-state index in [2.05, 4.69) is 0 Å². The van der Waals surface area contributed by atoms with Crippen molar-refractivity contribution in [1.82, 2.24) is 0 Å². The molecule has 0 unspecified atom stereocenters. The quantitative estimate of drug-likeness (QED) is 0.498. The molecular weight excluding hydrogens is 198 g/mol. The average molecular weight is 211 g/mol. The summed E-state index contributed by atoms with van der Waals surface area (Å²) >= 11 is 0.